The highest BCUT2D eigenvalue weighted by atomic mass is 35.5. The van der Waals surface area contributed by atoms with Crippen LogP contribution in [0.4, 0.5) is 9.93 Å². The van der Waals surface area contributed by atoms with Crippen molar-refractivity contribution in [2.45, 2.75) is 43.0 Å². The lowest BCUT2D eigenvalue weighted by Crippen LogP contribution is -2.60. The molecule has 3 aliphatic rings. The molecule has 0 radical (unpaired) electrons. The van der Waals surface area contributed by atoms with Crippen LogP contribution in [0.2, 0.25) is 5.02 Å². The number of thiazole rings is 1. The van der Waals surface area contributed by atoms with Crippen LogP contribution in [0.3, 0.4) is 0 Å². The summed E-state index contributed by atoms with van der Waals surface area (Å²) < 4.78 is 0. The van der Waals surface area contributed by atoms with Gasteiger partial charge in [0.25, 0.3) is 11.7 Å². The van der Waals surface area contributed by atoms with Crippen LogP contribution in [0.15, 0.2) is 17.3 Å². The van der Waals surface area contributed by atoms with Crippen LogP contribution in [-0.2, 0) is 38.4 Å². The molecule has 3 atom stereocenters. The van der Waals surface area contributed by atoms with E-state index in [9.17, 15) is 63.6 Å². The average molecular weight is 839 g/mol. The Morgan fingerprint density at radius 3 is 2.38 bits per heavy atom. The summed E-state index contributed by atoms with van der Waals surface area (Å²) >= 11 is 7.51. The standard InChI is InChI=1S/C31H31ClN8O14S2/c1-11-18(35-28(33)55-11)19(37-54-30(2,3)26(49)50)15(42)8-13-24(48)38-10-31(27(51)52,56-25(13)38)39-6-7-40(29(39)53)36-22(46)16(43)9-34-23(47)20(44)12-4-5-14(41)21(45)17(12)32/h4-5,13,25,41,45H,6-10H2,1-3H3,(H2,33,35)(H,34,47)(H,36,46)(H,49,50)(H,51,52)/b37-19+/t13-,25-,31-/m1/s1. The summed E-state index contributed by atoms with van der Waals surface area (Å²) in [7, 11) is 0. The van der Waals surface area contributed by atoms with Gasteiger partial charge in [-0.3, -0.25) is 39.1 Å². The molecule has 298 valence electrons. The number of β-lactam (4-membered cyclic amide) rings is 1. The van der Waals surface area contributed by atoms with Crippen molar-refractivity contribution in [3.05, 3.63) is 33.3 Å². The highest BCUT2D eigenvalue weighted by molar-refractivity contribution is 8.02. The van der Waals surface area contributed by atoms with E-state index in [1.54, 1.807) is 6.92 Å². The Balaban J connectivity index is 1.23. The van der Waals surface area contributed by atoms with Crippen LogP contribution in [0.25, 0.3) is 0 Å². The van der Waals surface area contributed by atoms with Gasteiger partial charge in [0.05, 0.1) is 41.5 Å². The monoisotopic (exact) mass is 838 g/mol. The molecule has 8 N–H and O–H groups in total. The minimum absolute atomic E-state index is 0.000528. The Morgan fingerprint density at radius 1 is 1.09 bits per heavy atom. The van der Waals surface area contributed by atoms with Crippen molar-refractivity contribution < 1.29 is 68.4 Å². The summed E-state index contributed by atoms with van der Waals surface area (Å²) in [6.07, 6.45) is -0.528. The number of amides is 5. The van der Waals surface area contributed by atoms with Gasteiger partial charge in [0, 0.05) is 17.8 Å². The van der Waals surface area contributed by atoms with Gasteiger partial charge in [-0.2, -0.15) is 0 Å². The number of anilines is 1. The number of phenols is 2. The highest BCUT2D eigenvalue weighted by Gasteiger charge is 2.66. The maximum absolute atomic E-state index is 13.6. The van der Waals surface area contributed by atoms with Crippen molar-refractivity contribution >= 4 is 98.6 Å². The Labute approximate surface area is 327 Å². The summed E-state index contributed by atoms with van der Waals surface area (Å²) in [5.41, 5.74) is 5.04. The number of carbonyl (C=O) groups is 9. The number of ketones is 3. The molecule has 56 heavy (non-hydrogen) atoms. The van der Waals surface area contributed by atoms with E-state index >= 15 is 0 Å². The molecule has 25 heteroatoms. The van der Waals surface area contributed by atoms with Gasteiger partial charge in [0.1, 0.15) is 5.69 Å². The number of nitrogen functional groups attached to an aromatic ring is 1. The lowest BCUT2D eigenvalue weighted by atomic mass is 9.90. The summed E-state index contributed by atoms with van der Waals surface area (Å²) in [6.45, 7) is 1.82. The summed E-state index contributed by atoms with van der Waals surface area (Å²) in [6, 6.07) is 0.778. The van der Waals surface area contributed by atoms with Crippen molar-refractivity contribution in [3.8, 4) is 11.5 Å². The SMILES string of the molecule is Cc1sc(N)nc1/C(=N/OC(C)(C)C(=O)O)C(=O)C[C@@H]1C(=O)N2C[C@@](C(=O)O)(N3CCN(NC(=O)C(=O)CNC(=O)C(=O)c4ccc(O)c(O)c4Cl)C3=O)S[C@H]12. The van der Waals surface area contributed by atoms with E-state index < -0.39 is 122 Å². The second kappa shape index (κ2) is 15.3. The molecule has 3 aliphatic heterocycles. The number of rotatable bonds is 15. The molecule has 5 rings (SSSR count). The molecule has 0 spiro atoms. The molecule has 3 saturated heterocycles. The molecule has 0 unspecified atom stereocenters. The van der Waals surface area contributed by atoms with E-state index in [0.717, 1.165) is 28.4 Å². The highest BCUT2D eigenvalue weighted by Crippen LogP contribution is 2.53. The zero-order chi connectivity index (χ0) is 41.6. The Bertz CT molecular complexity index is 2140. The molecule has 0 bridgehead atoms. The number of urea groups is 1. The molecular weight excluding hydrogens is 808 g/mol. The normalized spacial score (nSPS) is 20.6. The van der Waals surface area contributed by atoms with E-state index in [2.05, 4.69) is 10.1 Å². The minimum atomic E-state index is -2.09. The number of aromatic nitrogens is 1. The number of benzene rings is 1. The second-order valence-corrected chi connectivity index (χ2v) is 15.9. The molecule has 4 heterocycles. The van der Waals surface area contributed by atoms with Crippen molar-refractivity contribution in [1.29, 1.82) is 0 Å². The molecule has 0 saturated carbocycles. The fraction of sp³-hybridized carbons (Fsp3) is 0.387. The van der Waals surface area contributed by atoms with Crippen molar-refractivity contribution in [3.63, 3.8) is 0 Å². The molecular formula is C31H31ClN8O14S2. The van der Waals surface area contributed by atoms with E-state index in [1.165, 1.54) is 18.7 Å². The van der Waals surface area contributed by atoms with Gasteiger partial charge in [-0.25, -0.2) is 24.4 Å². The fourth-order valence-electron chi connectivity index (χ4n) is 5.64. The summed E-state index contributed by atoms with van der Waals surface area (Å²) in [5, 5.41) is 43.8. The molecule has 22 nitrogen and oxygen atoms in total. The van der Waals surface area contributed by atoms with Gasteiger partial charge in [-0.05, 0) is 32.9 Å². The lowest BCUT2D eigenvalue weighted by Gasteiger charge is -2.40. The van der Waals surface area contributed by atoms with Crippen LogP contribution in [0, 0.1) is 12.8 Å². The summed E-state index contributed by atoms with van der Waals surface area (Å²) in [4.78, 5) is 124. The molecule has 3 fully saturated rings. The molecule has 1 aromatic heterocycles. The number of carbonyl (C=O) groups excluding carboxylic acids is 7. The van der Waals surface area contributed by atoms with Crippen molar-refractivity contribution in [1.82, 2.24) is 30.5 Å². The fourth-order valence-corrected chi connectivity index (χ4v) is 8.27. The van der Waals surface area contributed by atoms with E-state index in [0.29, 0.717) is 21.6 Å². The van der Waals surface area contributed by atoms with Crippen LogP contribution >= 0.6 is 34.7 Å². The number of nitrogens with one attached hydrogen (secondary N) is 2. The Hall–Kier alpha value is -6.01. The Kier molecular flexibility index (Phi) is 11.2. The third-order valence-corrected chi connectivity index (χ3v) is 11.7. The number of aliphatic carboxylic acids is 2. The van der Waals surface area contributed by atoms with E-state index in [4.69, 9.17) is 22.2 Å². The number of hydrazine groups is 1. The van der Waals surface area contributed by atoms with Gasteiger partial charge in [0.15, 0.2) is 28.1 Å². The van der Waals surface area contributed by atoms with Gasteiger partial charge < -0.3 is 41.2 Å². The largest absolute Gasteiger partial charge is 0.504 e. The molecule has 5 amide bonds. The van der Waals surface area contributed by atoms with Crippen LogP contribution in [0.5, 0.6) is 11.5 Å². The molecule has 0 aliphatic carbocycles. The third-order valence-electron chi connectivity index (χ3n) is 8.76. The average Bonchev–Trinajstić information content (AvgIpc) is 3.80. The number of aromatic hydroxyl groups is 2. The number of hydrogen-bond donors (Lipinski definition) is 7. The van der Waals surface area contributed by atoms with Gasteiger partial charge in [-0.15, -0.1) is 11.3 Å². The maximum Gasteiger partial charge on any atom is 0.350 e. The maximum atomic E-state index is 13.6. The predicted molar refractivity (Wildman–Crippen MR) is 191 cm³/mol. The zero-order valence-corrected chi connectivity index (χ0v) is 31.6. The molecule has 2 aromatic rings. The lowest BCUT2D eigenvalue weighted by molar-refractivity contribution is -0.161. The number of carboxylic acids is 2. The van der Waals surface area contributed by atoms with Crippen LogP contribution < -0.4 is 16.5 Å². The quantitative estimate of drug-likeness (QED) is 0.0291. The number of hydrogen-bond acceptors (Lipinski definition) is 17. The van der Waals surface area contributed by atoms with Gasteiger partial charge >= 0.3 is 23.9 Å². The van der Waals surface area contributed by atoms with E-state index in [1.807, 2.05) is 10.7 Å². The first-order chi connectivity index (χ1) is 26.1. The number of carboxylic acid groups (broad SMARTS) is 2. The number of nitrogens with two attached hydrogens (primary N) is 1. The van der Waals surface area contributed by atoms with Crippen molar-refractivity contribution in [2.24, 2.45) is 11.1 Å². The topological polar surface area (TPSA) is 329 Å². The Morgan fingerprint density at radius 2 is 1.77 bits per heavy atom. The number of thioether (sulfide) groups is 1. The van der Waals surface area contributed by atoms with Crippen molar-refractivity contribution in [2.75, 3.05) is 31.9 Å². The minimum Gasteiger partial charge on any atom is -0.504 e. The van der Waals surface area contributed by atoms with Gasteiger partial charge in [0.2, 0.25) is 22.2 Å². The number of nitrogens with zero attached hydrogens (tertiary/aromatic N) is 5. The first-order valence-electron chi connectivity index (χ1n) is 16.0. The molecule has 1 aromatic carbocycles. The number of fused-ring (bicyclic) bond motifs is 1. The van der Waals surface area contributed by atoms with Crippen LogP contribution in [-0.4, -0.2) is 141 Å². The first kappa shape index (κ1) is 41.2. The van der Waals surface area contributed by atoms with Crippen LogP contribution in [0.1, 0.15) is 41.2 Å². The smallest absolute Gasteiger partial charge is 0.350 e. The van der Waals surface area contributed by atoms with E-state index in [-0.39, 0.29) is 23.9 Å². The second-order valence-electron chi connectivity index (χ2n) is 12.9. The third kappa shape index (κ3) is 7.48. The summed E-state index contributed by atoms with van der Waals surface area (Å²) in [5.74, 6) is -12.4. The first-order valence-corrected chi connectivity index (χ1v) is 18.1. The number of Topliss-reactive ketones (excluding diaryl/α,β-unsaturated/α-hetero) is 3. The van der Waals surface area contributed by atoms with Gasteiger partial charge in [-0.1, -0.05) is 28.5 Å². The number of oxime groups is 1. The number of halogens is 1. The predicted octanol–water partition coefficient (Wildman–Crippen LogP) is -0.709. The number of phenolic OH excluding ortho intramolecular Hbond substituents is 2. The zero-order valence-electron chi connectivity index (χ0n) is 29.2. The number of aryl methyl sites for hydroxylation is 1.